The molecule has 2 aromatic rings. The monoisotopic (exact) mass is 396 g/mol. The van der Waals surface area contributed by atoms with Crippen LogP contribution in [0.15, 0.2) is 36.4 Å². The van der Waals surface area contributed by atoms with Crippen molar-refractivity contribution in [3.05, 3.63) is 52.0 Å². The molecule has 8 heteroatoms. The molecule has 1 unspecified atom stereocenters. The van der Waals surface area contributed by atoms with Gasteiger partial charge >= 0.3 is 6.03 Å². The minimum Gasteiger partial charge on any atom is -0.454 e. The number of amides is 2. The fourth-order valence-corrected chi connectivity index (χ4v) is 4.55. The van der Waals surface area contributed by atoms with E-state index in [2.05, 4.69) is 5.32 Å². The summed E-state index contributed by atoms with van der Waals surface area (Å²) in [6, 6.07) is 10.6. The van der Waals surface area contributed by atoms with E-state index >= 15 is 0 Å². The summed E-state index contributed by atoms with van der Waals surface area (Å²) in [7, 11) is 0. The molecule has 2 aliphatic rings. The van der Waals surface area contributed by atoms with E-state index in [9.17, 15) is 4.79 Å². The summed E-state index contributed by atoms with van der Waals surface area (Å²) < 4.78 is 10.8. The molecule has 25 heavy (non-hydrogen) atoms. The number of rotatable bonds is 2. The van der Waals surface area contributed by atoms with E-state index < -0.39 is 0 Å². The molecule has 2 heterocycles. The zero-order valence-electron chi connectivity index (χ0n) is 13.0. The minimum atomic E-state index is -0.234. The summed E-state index contributed by atoms with van der Waals surface area (Å²) in [4.78, 5) is 14.5. The Morgan fingerprint density at radius 3 is 2.72 bits per heavy atom. The third-order valence-corrected chi connectivity index (χ3v) is 5.92. The normalized spacial score (nSPS) is 18.5. The molecule has 0 radical (unpaired) electrons. The number of halogens is 2. The first-order valence-electron chi connectivity index (χ1n) is 7.66. The van der Waals surface area contributed by atoms with Crippen molar-refractivity contribution in [2.75, 3.05) is 24.4 Å². The maximum Gasteiger partial charge on any atom is 0.323 e. The highest BCUT2D eigenvalue weighted by Gasteiger charge is 2.32. The molecule has 1 saturated heterocycles. The Kier molecular flexibility index (Phi) is 4.58. The SMILES string of the molecule is O=C(Nc1c(Cl)cccc1Cl)N1CCSC1c1ccc2c(c1)OCO2. The molecule has 0 spiro atoms. The van der Waals surface area contributed by atoms with Crippen molar-refractivity contribution in [3.63, 3.8) is 0 Å². The lowest BCUT2D eigenvalue weighted by atomic mass is 10.2. The third kappa shape index (κ3) is 3.21. The molecule has 2 aromatic carbocycles. The topological polar surface area (TPSA) is 50.8 Å². The van der Waals surface area contributed by atoms with E-state index in [-0.39, 0.29) is 18.2 Å². The van der Waals surface area contributed by atoms with E-state index in [4.69, 9.17) is 32.7 Å². The van der Waals surface area contributed by atoms with Gasteiger partial charge in [-0.15, -0.1) is 11.8 Å². The fourth-order valence-electron chi connectivity index (χ4n) is 2.82. The van der Waals surface area contributed by atoms with Gasteiger partial charge in [0.05, 0.1) is 15.7 Å². The van der Waals surface area contributed by atoms with Crippen LogP contribution < -0.4 is 14.8 Å². The molecule has 1 N–H and O–H groups in total. The van der Waals surface area contributed by atoms with Crippen LogP contribution in [0.5, 0.6) is 11.5 Å². The van der Waals surface area contributed by atoms with E-state index in [0.29, 0.717) is 28.0 Å². The molecule has 0 aromatic heterocycles. The highest BCUT2D eigenvalue weighted by molar-refractivity contribution is 7.99. The molecule has 2 aliphatic heterocycles. The molecular formula is C17H14Cl2N2O3S. The van der Waals surface area contributed by atoms with Gasteiger partial charge in [0, 0.05) is 12.3 Å². The van der Waals surface area contributed by atoms with Crippen LogP contribution in [-0.4, -0.2) is 30.0 Å². The van der Waals surface area contributed by atoms with Gasteiger partial charge in [0.2, 0.25) is 6.79 Å². The van der Waals surface area contributed by atoms with Gasteiger partial charge in [0.1, 0.15) is 5.37 Å². The maximum atomic E-state index is 12.8. The molecule has 0 aliphatic carbocycles. The molecule has 2 amide bonds. The quantitative estimate of drug-likeness (QED) is 0.775. The smallest absolute Gasteiger partial charge is 0.323 e. The van der Waals surface area contributed by atoms with Crippen LogP contribution >= 0.6 is 35.0 Å². The lowest BCUT2D eigenvalue weighted by Crippen LogP contribution is -2.34. The molecule has 0 bridgehead atoms. The summed E-state index contributed by atoms with van der Waals surface area (Å²) in [5.41, 5.74) is 1.42. The molecule has 1 fully saturated rings. The highest BCUT2D eigenvalue weighted by Crippen LogP contribution is 2.42. The van der Waals surface area contributed by atoms with Crippen LogP contribution in [-0.2, 0) is 0 Å². The van der Waals surface area contributed by atoms with Crippen LogP contribution in [0.3, 0.4) is 0 Å². The Hall–Kier alpha value is -1.76. The van der Waals surface area contributed by atoms with Gasteiger partial charge in [-0.2, -0.15) is 0 Å². The first-order chi connectivity index (χ1) is 12.1. The van der Waals surface area contributed by atoms with Gasteiger partial charge in [-0.05, 0) is 29.8 Å². The van der Waals surface area contributed by atoms with Crippen LogP contribution in [0.2, 0.25) is 10.0 Å². The summed E-state index contributed by atoms with van der Waals surface area (Å²) in [6.07, 6.45) is 0. The van der Waals surface area contributed by atoms with Crippen molar-refractivity contribution in [3.8, 4) is 11.5 Å². The number of nitrogens with one attached hydrogen (secondary N) is 1. The number of urea groups is 1. The average Bonchev–Trinajstić information content (AvgIpc) is 3.26. The second kappa shape index (κ2) is 6.86. The van der Waals surface area contributed by atoms with Gasteiger partial charge in [-0.3, -0.25) is 0 Å². The number of nitrogens with zero attached hydrogens (tertiary/aromatic N) is 1. The van der Waals surface area contributed by atoms with E-state index in [1.807, 2.05) is 18.2 Å². The Bertz CT molecular complexity index is 813. The number of benzene rings is 2. The van der Waals surface area contributed by atoms with Crippen molar-refractivity contribution in [2.24, 2.45) is 0 Å². The zero-order chi connectivity index (χ0) is 17.4. The Morgan fingerprint density at radius 1 is 1.16 bits per heavy atom. The van der Waals surface area contributed by atoms with Crippen molar-refractivity contribution < 1.29 is 14.3 Å². The predicted octanol–water partition coefficient (Wildman–Crippen LogP) is 5.00. The number of fused-ring (bicyclic) bond motifs is 1. The van der Waals surface area contributed by atoms with E-state index in [1.54, 1.807) is 34.9 Å². The number of carbonyl (C=O) groups is 1. The van der Waals surface area contributed by atoms with Crippen LogP contribution in [0.1, 0.15) is 10.9 Å². The standard InChI is InChI=1S/C17H14Cl2N2O3S/c18-11-2-1-3-12(19)15(11)20-17(22)21-6-7-25-16(21)10-4-5-13-14(8-10)24-9-23-13/h1-5,8,16H,6-7,9H2,(H,20,22). The predicted molar refractivity (Wildman–Crippen MR) is 100.0 cm³/mol. The summed E-state index contributed by atoms with van der Waals surface area (Å²) in [5.74, 6) is 2.29. The number of thioether (sulfide) groups is 1. The Balaban J connectivity index is 1.56. The molecule has 0 saturated carbocycles. The first-order valence-corrected chi connectivity index (χ1v) is 9.47. The largest absolute Gasteiger partial charge is 0.454 e. The van der Waals surface area contributed by atoms with Gasteiger partial charge < -0.3 is 19.7 Å². The molecule has 5 nitrogen and oxygen atoms in total. The molecule has 1 atom stereocenters. The zero-order valence-corrected chi connectivity index (χ0v) is 15.3. The van der Waals surface area contributed by atoms with Crippen LogP contribution in [0.4, 0.5) is 10.5 Å². The Labute approximate surface area is 159 Å². The highest BCUT2D eigenvalue weighted by atomic mass is 35.5. The van der Waals surface area contributed by atoms with Gasteiger partial charge in [0.15, 0.2) is 11.5 Å². The van der Waals surface area contributed by atoms with Crippen molar-refractivity contribution in [2.45, 2.75) is 5.37 Å². The third-order valence-electron chi connectivity index (χ3n) is 4.03. The maximum absolute atomic E-state index is 12.8. The van der Waals surface area contributed by atoms with Crippen molar-refractivity contribution >= 4 is 46.7 Å². The molecule has 4 rings (SSSR count). The van der Waals surface area contributed by atoms with Gasteiger partial charge in [-0.25, -0.2) is 4.79 Å². The second-order valence-electron chi connectivity index (χ2n) is 5.56. The number of carbonyl (C=O) groups excluding carboxylic acids is 1. The number of ether oxygens (including phenoxy) is 2. The fraction of sp³-hybridized carbons (Fsp3) is 0.235. The number of hydrogen-bond acceptors (Lipinski definition) is 4. The lowest BCUT2D eigenvalue weighted by molar-refractivity contribution is 0.174. The van der Waals surface area contributed by atoms with Crippen LogP contribution in [0, 0.1) is 0 Å². The minimum absolute atomic E-state index is 0.101. The lowest BCUT2D eigenvalue weighted by Gasteiger charge is -2.25. The van der Waals surface area contributed by atoms with Crippen molar-refractivity contribution in [1.29, 1.82) is 0 Å². The number of hydrogen-bond donors (Lipinski definition) is 1. The first kappa shape index (κ1) is 16.7. The second-order valence-corrected chi connectivity index (χ2v) is 7.56. The van der Waals surface area contributed by atoms with E-state index in [0.717, 1.165) is 17.1 Å². The van der Waals surface area contributed by atoms with Crippen molar-refractivity contribution in [1.82, 2.24) is 4.90 Å². The molecular weight excluding hydrogens is 383 g/mol. The number of para-hydroxylation sites is 1. The average molecular weight is 397 g/mol. The summed E-state index contributed by atoms with van der Waals surface area (Å²) >= 11 is 14.0. The van der Waals surface area contributed by atoms with Gasteiger partial charge in [0.25, 0.3) is 0 Å². The number of anilines is 1. The Morgan fingerprint density at radius 2 is 1.92 bits per heavy atom. The van der Waals surface area contributed by atoms with Gasteiger partial charge in [-0.1, -0.05) is 35.3 Å². The van der Waals surface area contributed by atoms with E-state index in [1.165, 1.54) is 0 Å². The summed E-state index contributed by atoms with van der Waals surface area (Å²) in [6.45, 7) is 0.865. The molecule has 130 valence electrons. The summed E-state index contributed by atoms with van der Waals surface area (Å²) in [5, 5.41) is 3.54. The van der Waals surface area contributed by atoms with Crippen LogP contribution in [0.25, 0.3) is 0 Å².